The Kier molecular flexibility index (Phi) is 4.32. The molecule has 4 rings (SSSR count). The predicted molar refractivity (Wildman–Crippen MR) is 98.1 cm³/mol. The van der Waals surface area contributed by atoms with Gasteiger partial charge in [0.2, 0.25) is 0 Å². The van der Waals surface area contributed by atoms with Gasteiger partial charge in [0, 0.05) is 5.69 Å². The molecule has 1 heterocycles. The Labute approximate surface area is 147 Å². The summed E-state index contributed by atoms with van der Waals surface area (Å²) in [5.41, 5.74) is 3.06. The van der Waals surface area contributed by atoms with Crippen molar-refractivity contribution in [3.8, 4) is 0 Å². The molecule has 25 heavy (non-hydrogen) atoms. The van der Waals surface area contributed by atoms with Crippen molar-refractivity contribution in [2.45, 2.75) is 18.8 Å². The summed E-state index contributed by atoms with van der Waals surface area (Å²) in [6, 6.07) is 29.7. The van der Waals surface area contributed by atoms with Crippen molar-refractivity contribution in [2.75, 3.05) is 4.90 Å². The van der Waals surface area contributed by atoms with Crippen LogP contribution >= 0.6 is 0 Å². The zero-order valence-corrected chi connectivity index (χ0v) is 13.8. The Morgan fingerprint density at radius 1 is 0.760 bits per heavy atom. The molecular formula is C22H19NO2. The normalized spacial score (nSPS) is 19.5. The largest absolute Gasteiger partial charge is 0.361 e. The van der Waals surface area contributed by atoms with E-state index >= 15 is 0 Å². The van der Waals surface area contributed by atoms with Crippen molar-refractivity contribution in [1.29, 1.82) is 0 Å². The minimum Gasteiger partial charge on any atom is -0.361 e. The Morgan fingerprint density at radius 3 is 1.96 bits per heavy atom. The monoisotopic (exact) mass is 329 g/mol. The van der Waals surface area contributed by atoms with Crippen molar-refractivity contribution in [1.82, 2.24) is 0 Å². The first-order valence-electron chi connectivity index (χ1n) is 8.43. The van der Waals surface area contributed by atoms with Gasteiger partial charge in [-0.3, -0.25) is 9.69 Å². The fourth-order valence-electron chi connectivity index (χ4n) is 3.24. The summed E-state index contributed by atoms with van der Waals surface area (Å²) in [6.45, 7) is 0.434. The third-order valence-electron chi connectivity index (χ3n) is 4.49. The van der Waals surface area contributed by atoms with E-state index in [4.69, 9.17) is 4.74 Å². The average Bonchev–Trinajstić information content (AvgIpc) is 2.68. The molecule has 0 aromatic heterocycles. The number of carbonyl (C=O) groups excluding carboxylic acids is 1. The molecule has 1 fully saturated rings. The van der Waals surface area contributed by atoms with E-state index in [1.165, 1.54) is 0 Å². The Morgan fingerprint density at radius 2 is 1.32 bits per heavy atom. The maximum atomic E-state index is 12.8. The standard InChI is InChI=1S/C22H19NO2/c24-22-21(25-16-17-10-4-1-5-11-17)20(18-12-6-2-7-13-18)23(22)19-14-8-3-9-15-19/h1-15,20-21H,16H2/t20-,21+/m1/s1. The van der Waals surface area contributed by atoms with Crippen LogP contribution in [-0.2, 0) is 16.1 Å². The molecule has 1 aliphatic heterocycles. The number of carbonyl (C=O) groups is 1. The highest BCUT2D eigenvalue weighted by atomic mass is 16.5. The van der Waals surface area contributed by atoms with Crippen LogP contribution in [0, 0.1) is 0 Å². The van der Waals surface area contributed by atoms with Crippen molar-refractivity contribution in [2.24, 2.45) is 0 Å². The number of ether oxygens (including phenoxy) is 1. The van der Waals surface area contributed by atoms with Crippen molar-refractivity contribution in [3.05, 3.63) is 102 Å². The van der Waals surface area contributed by atoms with Gasteiger partial charge in [0.25, 0.3) is 5.91 Å². The number of hydrogen-bond donors (Lipinski definition) is 0. The van der Waals surface area contributed by atoms with E-state index in [2.05, 4.69) is 0 Å². The molecule has 3 aromatic rings. The first kappa shape index (κ1) is 15.6. The summed E-state index contributed by atoms with van der Waals surface area (Å²) < 4.78 is 6.00. The van der Waals surface area contributed by atoms with Gasteiger partial charge in [-0.25, -0.2) is 0 Å². The van der Waals surface area contributed by atoms with Crippen molar-refractivity contribution in [3.63, 3.8) is 0 Å². The smallest absolute Gasteiger partial charge is 0.259 e. The second-order valence-electron chi connectivity index (χ2n) is 6.12. The highest BCUT2D eigenvalue weighted by Crippen LogP contribution is 2.40. The second-order valence-corrected chi connectivity index (χ2v) is 6.12. The highest BCUT2D eigenvalue weighted by Gasteiger charge is 2.49. The number of rotatable bonds is 5. The van der Waals surface area contributed by atoms with Gasteiger partial charge < -0.3 is 4.74 Å². The molecule has 1 amide bonds. The highest BCUT2D eigenvalue weighted by molar-refractivity contribution is 6.05. The lowest BCUT2D eigenvalue weighted by Crippen LogP contribution is -2.60. The molecule has 0 unspecified atom stereocenters. The number of hydrogen-bond acceptors (Lipinski definition) is 2. The van der Waals surface area contributed by atoms with E-state index in [1.807, 2.05) is 95.9 Å². The fraction of sp³-hybridized carbons (Fsp3) is 0.136. The summed E-state index contributed by atoms with van der Waals surface area (Å²) in [5.74, 6) is 0.0102. The maximum absolute atomic E-state index is 12.8. The zero-order chi connectivity index (χ0) is 17.1. The number of para-hydroxylation sites is 1. The first-order valence-corrected chi connectivity index (χ1v) is 8.43. The lowest BCUT2D eigenvalue weighted by molar-refractivity contribution is -0.143. The van der Waals surface area contributed by atoms with Crippen LogP contribution in [0.5, 0.6) is 0 Å². The summed E-state index contributed by atoms with van der Waals surface area (Å²) in [6.07, 6.45) is -0.456. The van der Waals surface area contributed by atoms with Crippen molar-refractivity contribution >= 4 is 11.6 Å². The van der Waals surface area contributed by atoms with Crippen LogP contribution in [0.25, 0.3) is 0 Å². The lowest BCUT2D eigenvalue weighted by Gasteiger charge is -2.46. The molecule has 3 aromatic carbocycles. The van der Waals surface area contributed by atoms with Gasteiger partial charge in [-0.15, -0.1) is 0 Å². The van der Waals surface area contributed by atoms with Crippen LogP contribution in [-0.4, -0.2) is 12.0 Å². The molecule has 124 valence electrons. The SMILES string of the molecule is O=C1[C@@H](OCc2ccccc2)[C@@H](c2ccccc2)N1c1ccccc1. The molecule has 0 spiro atoms. The number of β-lactam (4-membered cyclic amide) rings is 1. The number of anilines is 1. The van der Waals surface area contributed by atoms with Gasteiger partial charge in [-0.2, -0.15) is 0 Å². The number of benzene rings is 3. The fourth-order valence-corrected chi connectivity index (χ4v) is 3.24. The quantitative estimate of drug-likeness (QED) is 0.651. The molecule has 1 saturated heterocycles. The van der Waals surface area contributed by atoms with Gasteiger partial charge in [-0.1, -0.05) is 78.9 Å². The molecule has 0 saturated carbocycles. The molecular weight excluding hydrogens is 310 g/mol. The first-order chi connectivity index (χ1) is 12.3. The molecule has 0 aliphatic carbocycles. The summed E-state index contributed by atoms with van der Waals surface area (Å²) in [7, 11) is 0. The molecule has 1 aliphatic rings. The maximum Gasteiger partial charge on any atom is 0.259 e. The summed E-state index contributed by atoms with van der Waals surface area (Å²) in [4.78, 5) is 14.6. The average molecular weight is 329 g/mol. The van der Waals surface area contributed by atoms with Crippen LogP contribution < -0.4 is 4.90 Å². The van der Waals surface area contributed by atoms with E-state index in [1.54, 1.807) is 0 Å². The van der Waals surface area contributed by atoms with E-state index in [-0.39, 0.29) is 11.9 Å². The van der Waals surface area contributed by atoms with E-state index in [9.17, 15) is 4.79 Å². The van der Waals surface area contributed by atoms with Crippen LogP contribution in [0.15, 0.2) is 91.0 Å². The second kappa shape index (κ2) is 6.91. The lowest BCUT2D eigenvalue weighted by atomic mass is 9.89. The van der Waals surface area contributed by atoms with Gasteiger partial charge in [-0.05, 0) is 23.3 Å². The van der Waals surface area contributed by atoms with Gasteiger partial charge in [0.15, 0.2) is 6.10 Å². The third-order valence-corrected chi connectivity index (χ3v) is 4.49. The topological polar surface area (TPSA) is 29.5 Å². The minimum atomic E-state index is -0.456. The number of amides is 1. The van der Waals surface area contributed by atoms with Gasteiger partial charge >= 0.3 is 0 Å². The van der Waals surface area contributed by atoms with E-state index in [0.29, 0.717) is 6.61 Å². The minimum absolute atomic E-state index is 0.0102. The molecule has 2 atom stereocenters. The molecule has 0 N–H and O–H groups in total. The van der Waals surface area contributed by atoms with Crippen LogP contribution in [0.4, 0.5) is 5.69 Å². The van der Waals surface area contributed by atoms with E-state index in [0.717, 1.165) is 16.8 Å². The Balaban J connectivity index is 1.59. The molecule has 3 nitrogen and oxygen atoms in total. The zero-order valence-electron chi connectivity index (χ0n) is 13.8. The van der Waals surface area contributed by atoms with Gasteiger partial charge in [0.05, 0.1) is 12.6 Å². The summed E-state index contributed by atoms with van der Waals surface area (Å²) >= 11 is 0. The Bertz CT molecular complexity index is 834. The van der Waals surface area contributed by atoms with Crippen LogP contribution in [0.3, 0.4) is 0 Å². The van der Waals surface area contributed by atoms with Crippen LogP contribution in [0.2, 0.25) is 0 Å². The van der Waals surface area contributed by atoms with Crippen LogP contribution in [0.1, 0.15) is 17.2 Å². The predicted octanol–water partition coefficient (Wildman–Crippen LogP) is 4.36. The molecule has 0 radical (unpaired) electrons. The molecule has 3 heteroatoms. The Hall–Kier alpha value is -2.91. The number of nitrogens with zero attached hydrogens (tertiary/aromatic N) is 1. The van der Waals surface area contributed by atoms with Gasteiger partial charge in [0.1, 0.15) is 0 Å². The third kappa shape index (κ3) is 3.06. The summed E-state index contributed by atoms with van der Waals surface area (Å²) in [5, 5.41) is 0. The van der Waals surface area contributed by atoms with E-state index < -0.39 is 6.10 Å². The van der Waals surface area contributed by atoms with Crippen molar-refractivity contribution < 1.29 is 9.53 Å². The molecule has 0 bridgehead atoms.